The number of pyridine rings is 1. The van der Waals surface area contributed by atoms with Gasteiger partial charge in [0.05, 0.1) is 0 Å². The number of rotatable bonds is 3. The Morgan fingerprint density at radius 3 is 2.65 bits per heavy atom. The summed E-state index contributed by atoms with van der Waals surface area (Å²) in [6.07, 6.45) is 3.86. The molecule has 0 aromatic carbocycles. The Morgan fingerprint density at radius 2 is 2.06 bits per heavy atom. The molecule has 94 valence electrons. The lowest BCUT2D eigenvalue weighted by molar-refractivity contribution is -0.0456. The van der Waals surface area contributed by atoms with Crippen molar-refractivity contribution in [2.75, 3.05) is 0 Å². The van der Waals surface area contributed by atoms with Gasteiger partial charge in [-0.1, -0.05) is 22.0 Å². The monoisotopic (exact) mass is 303 g/mol. The van der Waals surface area contributed by atoms with Gasteiger partial charge in [0, 0.05) is 36.0 Å². The zero-order valence-electron chi connectivity index (χ0n) is 9.58. The molecule has 0 amide bonds. The topological polar surface area (TPSA) is 12.9 Å². The first-order valence-corrected chi connectivity index (χ1v) is 6.90. The van der Waals surface area contributed by atoms with Gasteiger partial charge in [0.1, 0.15) is 0 Å². The molecule has 0 radical (unpaired) electrons. The van der Waals surface area contributed by atoms with Crippen molar-refractivity contribution in [3.63, 3.8) is 0 Å². The molecule has 1 atom stereocenters. The minimum absolute atomic E-state index is 0.0297. The van der Waals surface area contributed by atoms with Crippen LogP contribution in [0.5, 0.6) is 0 Å². The summed E-state index contributed by atoms with van der Waals surface area (Å²) in [4.78, 5) is 4.52. The van der Waals surface area contributed by atoms with Gasteiger partial charge in [0.2, 0.25) is 5.92 Å². The second-order valence-electron chi connectivity index (χ2n) is 4.73. The highest BCUT2D eigenvalue weighted by molar-refractivity contribution is 9.09. The van der Waals surface area contributed by atoms with Gasteiger partial charge in [-0.2, -0.15) is 0 Å². The van der Waals surface area contributed by atoms with Crippen LogP contribution in [0.15, 0.2) is 24.4 Å². The Labute approximate surface area is 109 Å². The average Bonchev–Trinajstić information content (AvgIpc) is 2.30. The third-order valence-corrected chi connectivity index (χ3v) is 4.47. The van der Waals surface area contributed by atoms with Crippen molar-refractivity contribution in [1.82, 2.24) is 4.98 Å². The maximum atomic E-state index is 13.0. The molecule has 1 aromatic rings. The fourth-order valence-electron chi connectivity index (χ4n) is 2.31. The summed E-state index contributed by atoms with van der Waals surface area (Å²) in [5, 5.41) is 0. The van der Waals surface area contributed by atoms with Crippen LogP contribution in [0.4, 0.5) is 8.78 Å². The molecular weight excluding hydrogens is 288 g/mol. The molecule has 1 saturated carbocycles. The van der Waals surface area contributed by atoms with Crippen LogP contribution in [-0.4, -0.2) is 15.7 Å². The van der Waals surface area contributed by atoms with E-state index in [1.54, 1.807) is 6.20 Å². The maximum absolute atomic E-state index is 13.0. The lowest BCUT2D eigenvalue weighted by Gasteiger charge is -2.31. The molecule has 1 aromatic heterocycles. The van der Waals surface area contributed by atoms with Crippen molar-refractivity contribution in [2.24, 2.45) is 5.92 Å². The third-order valence-electron chi connectivity index (χ3n) is 3.40. The highest BCUT2D eigenvalue weighted by atomic mass is 79.9. The van der Waals surface area contributed by atoms with Gasteiger partial charge in [-0.3, -0.25) is 4.98 Å². The fraction of sp³-hybridized carbons (Fsp3) is 0.615. The van der Waals surface area contributed by atoms with Crippen molar-refractivity contribution < 1.29 is 8.78 Å². The molecule has 1 unspecified atom stereocenters. The minimum atomic E-state index is -2.44. The second-order valence-corrected chi connectivity index (χ2v) is 5.91. The van der Waals surface area contributed by atoms with Crippen LogP contribution >= 0.6 is 15.9 Å². The molecular formula is C13H16BrF2N. The van der Waals surface area contributed by atoms with Gasteiger partial charge in [-0.25, -0.2) is 8.78 Å². The normalized spacial score (nSPS) is 22.3. The van der Waals surface area contributed by atoms with Gasteiger partial charge in [0.25, 0.3) is 0 Å². The van der Waals surface area contributed by atoms with Crippen molar-refractivity contribution in [2.45, 2.75) is 42.9 Å². The van der Waals surface area contributed by atoms with Crippen LogP contribution in [0, 0.1) is 5.92 Å². The third kappa shape index (κ3) is 3.73. The molecule has 0 spiro atoms. The lowest BCUT2D eigenvalue weighted by atomic mass is 9.83. The first-order valence-electron chi connectivity index (χ1n) is 5.99. The van der Waals surface area contributed by atoms with Gasteiger partial charge < -0.3 is 0 Å². The number of halogens is 3. The highest BCUT2D eigenvalue weighted by Gasteiger charge is 2.36. The van der Waals surface area contributed by atoms with Gasteiger partial charge >= 0.3 is 0 Å². The Bertz CT molecular complexity index is 346. The SMILES string of the molecule is FC1(F)CCC(C(Br)Cc2ccccn2)CC1. The Kier molecular flexibility index (Phi) is 4.13. The minimum Gasteiger partial charge on any atom is -0.261 e. The molecule has 17 heavy (non-hydrogen) atoms. The van der Waals surface area contributed by atoms with E-state index in [1.165, 1.54) is 0 Å². The molecule has 2 rings (SSSR count). The van der Waals surface area contributed by atoms with Crippen molar-refractivity contribution in [3.8, 4) is 0 Å². The van der Waals surface area contributed by atoms with Crippen LogP contribution in [0.25, 0.3) is 0 Å². The van der Waals surface area contributed by atoms with Crippen LogP contribution in [0.2, 0.25) is 0 Å². The van der Waals surface area contributed by atoms with E-state index in [0.717, 1.165) is 12.1 Å². The van der Waals surface area contributed by atoms with E-state index in [9.17, 15) is 8.78 Å². The van der Waals surface area contributed by atoms with Crippen LogP contribution < -0.4 is 0 Å². The number of alkyl halides is 3. The van der Waals surface area contributed by atoms with Crippen molar-refractivity contribution in [1.29, 1.82) is 0 Å². The molecule has 1 fully saturated rings. The molecule has 0 aliphatic heterocycles. The zero-order valence-corrected chi connectivity index (χ0v) is 11.2. The van der Waals surface area contributed by atoms with E-state index < -0.39 is 5.92 Å². The Hall–Kier alpha value is -0.510. The summed E-state index contributed by atoms with van der Waals surface area (Å²) in [5.41, 5.74) is 1.02. The molecule has 1 aliphatic carbocycles. The Balaban J connectivity index is 1.87. The zero-order chi connectivity index (χ0) is 12.3. The predicted octanol–water partition coefficient (Wildman–Crippen LogP) is 4.21. The van der Waals surface area contributed by atoms with Crippen molar-refractivity contribution >= 4 is 15.9 Å². The summed E-state index contributed by atoms with van der Waals surface area (Å²) in [7, 11) is 0. The molecule has 0 N–H and O–H groups in total. The van der Waals surface area contributed by atoms with Gasteiger partial charge in [-0.15, -0.1) is 0 Å². The molecule has 0 saturated heterocycles. The quantitative estimate of drug-likeness (QED) is 0.762. The van der Waals surface area contributed by atoms with E-state index in [0.29, 0.717) is 18.8 Å². The van der Waals surface area contributed by atoms with Crippen LogP contribution in [0.1, 0.15) is 31.4 Å². The van der Waals surface area contributed by atoms with Gasteiger partial charge in [-0.05, 0) is 30.9 Å². The predicted molar refractivity (Wildman–Crippen MR) is 67.6 cm³/mol. The first kappa shape index (κ1) is 12.9. The molecule has 4 heteroatoms. The largest absolute Gasteiger partial charge is 0.261 e. The van der Waals surface area contributed by atoms with Gasteiger partial charge in [0.15, 0.2) is 0 Å². The standard InChI is InChI=1S/C13H16BrF2N/c14-12(9-11-3-1-2-8-17-11)10-4-6-13(15,16)7-5-10/h1-3,8,10,12H,4-7,9H2. The molecule has 1 aliphatic rings. The number of nitrogens with zero attached hydrogens (tertiary/aromatic N) is 1. The summed E-state index contributed by atoms with van der Waals surface area (Å²) in [6.45, 7) is 0. The number of hydrogen-bond donors (Lipinski definition) is 0. The number of aromatic nitrogens is 1. The fourth-order valence-corrected chi connectivity index (χ4v) is 3.17. The van der Waals surface area contributed by atoms with E-state index in [-0.39, 0.29) is 17.7 Å². The van der Waals surface area contributed by atoms with E-state index >= 15 is 0 Å². The molecule has 1 heterocycles. The molecule has 1 nitrogen and oxygen atoms in total. The average molecular weight is 304 g/mol. The lowest BCUT2D eigenvalue weighted by Crippen LogP contribution is -2.29. The van der Waals surface area contributed by atoms with Crippen LogP contribution in [0.3, 0.4) is 0 Å². The van der Waals surface area contributed by atoms with Crippen LogP contribution in [-0.2, 0) is 6.42 Å². The highest BCUT2D eigenvalue weighted by Crippen LogP contribution is 2.39. The van der Waals surface area contributed by atoms with E-state index in [1.807, 2.05) is 18.2 Å². The summed E-state index contributed by atoms with van der Waals surface area (Å²) in [5.74, 6) is -2.09. The first-order chi connectivity index (χ1) is 8.07. The second kappa shape index (κ2) is 5.42. The Morgan fingerprint density at radius 1 is 1.35 bits per heavy atom. The maximum Gasteiger partial charge on any atom is 0.248 e. The summed E-state index contributed by atoms with van der Waals surface area (Å²) < 4.78 is 26.1. The summed E-state index contributed by atoms with van der Waals surface area (Å²) >= 11 is 3.63. The summed E-state index contributed by atoms with van der Waals surface area (Å²) in [6, 6.07) is 5.82. The smallest absolute Gasteiger partial charge is 0.248 e. The van der Waals surface area contributed by atoms with E-state index in [2.05, 4.69) is 20.9 Å². The van der Waals surface area contributed by atoms with Crippen molar-refractivity contribution in [3.05, 3.63) is 30.1 Å². The number of hydrogen-bond acceptors (Lipinski definition) is 1. The van der Waals surface area contributed by atoms with E-state index in [4.69, 9.17) is 0 Å². The molecule has 0 bridgehead atoms.